The van der Waals surface area contributed by atoms with Crippen molar-refractivity contribution in [2.75, 3.05) is 20.3 Å². The predicted molar refractivity (Wildman–Crippen MR) is 553 cm³/mol. The first-order valence-corrected chi connectivity index (χ1v) is 45.4. The second kappa shape index (κ2) is 143. The van der Waals surface area contributed by atoms with Crippen LogP contribution in [0.2, 0.25) is 0 Å². The maximum absolute atomic E-state index is 3.98. The maximum atomic E-state index is 3.98. The summed E-state index contributed by atoms with van der Waals surface area (Å²) in [5.41, 5.74) is 10.5. The van der Waals surface area contributed by atoms with E-state index in [4.69, 9.17) is 0 Å². The fourth-order valence-electron chi connectivity index (χ4n) is 5.56. The van der Waals surface area contributed by atoms with E-state index in [2.05, 4.69) is 156 Å². The van der Waals surface area contributed by atoms with Crippen LogP contribution in [0.1, 0.15) is 281 Å². The molecule has 0 saturated carbocycles. The first kappa shape index (κ1) is 149. The van der Waals surface area contributed by atoms with E-state index in [1.807, 2.05) is 375 Å². The van der Waals surface area contributed by atoms with Crippen molar-refractivity contribution < 1.29 is 0 Å². The number of rotatable bonds is 0. The zero-order valence-corrected chi connectivity index (χ0v) is 88.9. The van der Waals surface area contributed by atoms with Gasteiger partial charge in [-0.2, -0.15) is 45.9 Å². The zero-order chi connectivity index (χ0) is 103. The Hall–Kier alpha value is -13.3. The third kappa shape index (κ3) is 140. The van der Waals surface area contributed by atoms with Gasteiger partial charge in [-0.15, -0.1) is 20.4 Å². The van der Waals surface area contributed by atoms with Gasteiger partial charge in [-0.05, 0) is 180 Å². The standard InChI is InChI=1S/3C6H7N.6C5H6N2.4C4H5N3.C4H8N2.C3H5N3.14C2H6/c1-6-2-4-7-5-3-6;1-6-3-2-4-7-5-6;1-6-4-2-3-5-7-6;1-5-2-6-4-7-3-5;1-5-4-6-2-3-7-5;1-5-2-3-6-4-7-5;1-5-2-3-6-7-4-5;1-5-6-3-2-4-7-5;1-5-3-2-4-6-7-5;1-4-6-2-5-3-7-4;1-4-2-6-7-3-5-4;1-4-2-5-3-6-7-4;1-4-5-2-3-6-7-4;1-6-4-2-3-5-6;1-3-4-2-5-6-3;14*1-2/h3*2-5H,1H3;6*2-4H,1H3;4*2-3H,1H3;3H,2,4H2,1H3;2H2,1H3;14*1-2H3. The topological polar surface area (TPSA) is 401 Å². The molecule has 0 saturated heterocycles. The van der Waals surface area contributed by atoms with Crippen LogP contribution in [0.3, 0.4) is 0 Å². The number of hydrogen-bond acceptors (Lipinski definition) is 32. The molecule has 13 aromatic rings. The number of nitrogens with zero attached hydrogens (tertiary/aromatic N) is 32. The lowest BCUT2D eigenvalue weighted by molar-refractivity contribution is 0.393. The van der Waals surface area contributed by atoms with E-state index in [1.165, 1.54) is 49.1 Å². The van der Waals surface area contributed by atoms with Crippen LogP contribution in [-0.4, -0.2) is 173 Å². The van der Waals surface area contributed by atoms with Gasteiger partial charge in [0.05, 0.1) is 47.6 Å². The first-order chi connectivity index (χ1) is 63.9. The SMILES string of the molecule is CC.CC.CC.CC.CC.CC.CC.CC.CC.CC.CC.CC.CC.CC.CC1=NCN=N1.CN1CCC=N1.Cc1ccccn1.Cc1cccnc1.Cc1cccnn1.Cc1ccncc1.Cc1ccncn1.Cc1ccnnc1.Cc1cnccn1.Cc1cncnc1.Cc1cncnn1.Cc1cnncn1.Cc1ncccn1.Cc1nccnn1.Cc1ncncn1. The number of aromatic nitrogens is 27. The summed E-state index contributed by atoms with van der Waals surface area (Å²) in [6.45, 7) is 84.4. The van der Waals surface area contributed by atoms with Crippen molar-refractivity contribution in [3.05, 3.63) is 309 Å². The van der Waals surface area contributed by atoms with Crippen LogP contribution in [0, 0.1) is 90.0 Å². The van der Waals surface area contributed by atoms with Crippen LogP contribution in [0.5, 0.6) is 0 Å². The molecule has 0 fully saturated rings. The van der Waals surface area contributed by atoms with Gasteiger partial charge < -0.3 is 5.01 Å². The van der Waals surface area contributed by atoms with Crippen LogP contribution in [0.15, 0.2) is 255 Å². The molecular formula is C99H174N32. The minimum absolute atomic E-state index is 0.534. The number of aryl methyl sites for hydroxylation is 13. The van der Waals surface area contributed by atoms with Gasteiger partial charge in [0, 0.05) is 137 Å². The lowest BCUT2D eigenvalue weighted by Gasteiger charge is -2.00. The molecule has 13 aromatic heterocycles. The third-order valence-electron chi connectivity index (χ3n) is 10.6. The number of amidine groups is 1. The van der Waals surface area contributed by atoms with Gasteiger partial charge in [0.2, 0.25) is 0 Å². The molecule has 131 heavy (non-hydrogen) atoms. The molecule has 0 amide bonds. The summed E-state index contributed by atoms with van der Waals surface area (Å²) in [6, 6.07) is 23.1. The average molecular weight is 1810 g/mol. The number of pyridine rings is 3. The van der Waals surface area contributed by atoms with E-state index in [0.29, 0.717) is 12.5 Å². The Balaban J connectivity index is -0.0000000915. The monoisotopic (exact) mass is 1810 g/mol. The number of aliphatic imine (C=N–C) groups is 1. The molecule has 0 atom stereocenters. The summed E-state index contributed by atoms with van der Waals surface area (Å²) in [5, 5.41) is 49.1. The Bertz CT molecular complexity index is 3130. The van der Waals surface area contributed by atoms with Gasteiger partial charge in [0.15, 0.2) is 6.67 Å². The number of azo groups is 1. The van der Waals surface area contributed by atoms with E-state index in [9.17, 15) is 0 Å². The molecule has 2 aliphatic rings. The van der Waals surface area contributed by atoms with Crippen LogP contribution in [0.4, 0.5) is 0 Å². The van der Waals surface area contributed by atoms with Crippen LogP contribution >= 0.6 is 0 Å². The molecule has 730 valence electrons. The van der Waals surface area contributed by atoms with Gasteiger partial charge >= 0.3 is 0 Å². The molecule has 0 aliphatic carbocycles. The predicted octanol–water partition coefficient (Wildman–Crippen LogP) is 25.1. The summed E-state index contributed by atoms with van der Waals surface area (Å²) in [4.78, 5) is 68.6. The molecule has 32 heteroatoms. The summed E-state index contributed by atoms with van der Waals surface area (Å²) in [7, 11) is 1.98. The Kier molecular flexibility index (Phi) is 162. The van der Waals surface area contributed by atoms with Crippen LogP contribution in [0.25, 0.3) is 0 Å². The first-order valence-electron chi connectivity index (χ1n) is 45.4. The van der Waals surface area contributed by atoms with Crippen molar-refractivity contribution in [3.63, 3.8) is 0 Å². The Morgan fingerprint density at radius 2 is 0.687 bits per heavy atom. The highest BCUT2D eigenvalue weighted by atomic mass is 15.4. The molecule has 2 aliphatic heterocycles. The minimum atomic E-state index is 0.534. The molecule has 32 nitrogen and oxygen atoms in total. The average Bonchev–Trinajstić information content (AvgIpc) is 1.88. The van der Waals surface area contributed by atoms with Gasteiger partial charge in [-0.1, -0.05) is 206 Å². The Labute approximate surface area is 795 Å². The van der Waals surface area contributed by atoms with Gasteiger partial charge in [-0.25, -0.2) is 64.8 Å². The second-order valence-electron chi connectivity index (χ2n) is 20.1. The summed E-state index contributed by atoms with van der Waals surface area (Å²) in [5.74, 6) is 3.08. The summed E-state index contributed by atoms with van der Waals surface area (Å²) < 4.78 is 0. The van der Waals surface area contributed by atoms with Gasteiger partial charge in [0.1, 0.15) is 61.3 Å². The molecule has 0 N–H and O–H groups in total. The normalized spacial score (nSPS) is 8.45. The van der Waals surface area contributed by atoms with E-state index in [-0.39, 0.29) is 0 Å². The maximum Gasteiger partial charge on any atom is 0.152 e. The summed E-state index contributed by atoms with van der Waals surface area (Å²) in [6.07, 6.45) is 46.1. The highest BCUT2D eigenvalue weighted by Crippen LogP contribution is 1.94. The van der Waals surface area contributed by atoms with Crippen LogP contribution < -0.4 is 0 Å². The van der Waals surface area contributed by atoms with Crippen LogP contribution in [-0.2, 0) is 0 Å². The van der Waals surface area contributed by atoms with Crippen molar-refractivity contribution in [1.29, 1.82) is 0 Å². The quantitative estimate of drug-likeness (QED) is 0.136. The van der Waals surface area contributed by atoms with Crippen molar-refractivity contribution in [1.82, 2.24) is 141 Å². The van der Waals surface area contributed by atoms with Crippen molar-refractivity contribution in [2.45, 2.75) is 297 Å². The fraction of sp³-hybridized carbons (Fsp3) is 0.465. The molecule has 0 bridgehead atoms. The number of hydrogen-bond donors (Lipinski definition) is 0. The van der Waals surface area contributed by atoms with E-state index in [0.717, 1.165) is 75.7 Å². The van der Waals surface area contributed by atoms with E-state index in [1.54, 1.807) is 131 Å². The molecule has 0 radical (unpaired) electrons. The molecule has 15 rings (SSSR count). The Morgan fingerprint density at radius 1 is 0.237 bits per heavy atom. The van der Waals surface area contributed by atoms with E-state index < -0.39 is 0 Å². The van der Waals surface area contributed by atoms with Crippen molar-refractivity contribution in [3.8, 4) is 0 Å². The zero-order valence-electron chi connectivity index (χ0n) is 88.9. The molecule has 0 spiro atoms. The van der Waals surface area contributed by atoms with E-state index >= 15 is 0 Å². The van der Waals surface area contributed by atoms with Crippen molar-refractivity contribution in [2.24, 2.45) is 20.3 Å². The van der Waals surface area contributed by atoms with Gasteiger partial charge in [0.25, 0.3) is 0 Å². The molecular weight excluding hydrogens is 1640 g/mol. The highest BCUT2D eigenvalue weighted by molar-refractivity contribution is 5.80. The fourth-order valence-corrected chi connectivity index (χ4v) is 5.56. The summed E-state index contributed by atoms with van der Waals surface area (Å²) >= 11 is 0. The largest absolute Gasteiger partial charge is 0.300 e. The number of hydrazone groups is 1. The lowest BCUT2D eigenvalue weighted by Crippen LogP contribution is -2.04. The molecule has 0 aromatic carbocycles. The molecule has 0 unspecified atom stereocenters. The van der Waals surface area contributed by atoms with Crippen molar-refractivity contribution >= 4 is 12.1 Å². The third-order valence-corrected chi connectivity index (χ3v) is 10.6. The second-order valence-corrected chi connectivity index (χ2v) is 20.1. The lowest BCUT2D eigenvalue weighted by atomic mass is 10.3. The smallest absolute Gasteiger partial charge is 0.152 e. The molecule has 15 heterocycles. The van der Waals surface area contributed by atoms with Gasteiger partial charge in [-0.3, -0.25) is 24.9 Å². The highest BCUT2D eigenvalue weighted by Gasteiger charge is 1.95. The Morgan fingerprint density at radius 3 is 0.901 bits per heavy atom. The minimum Gasteiger partial charge on any atom is -0.300 e.